The smallest absolute Gasteiger partial charge is 0.0708 e. The van der Waals surface area contributed by atoms with Crippen LogP contribution in [0, 0.1) is 13.8 Å². The molecule has 1 heterocycles. The molecule has 0 aliphatic carbocycles. The summed E-state index contributed by atoms with van der Waals surface area (Å²) >= 11 is 0. The second-order valence-corrected chi connectivity index (χ2v) is 10.1. The van der Waals surface area contributed by atoms with Crippen LogP contribution in [0.1, 0.15) is 63.8 Å². The third-order valence-corrected chi connectivity index (χ3v) is 5.28. The Balaban J connectivity index is 2.16. The molecule has 0 bridgehead atoms. The molecule has 0 amide bonds. The summed E-state index contributed by atoms with van der Waals surface area (Å²) in [6.45, 7) is 18.0. The van der Waals surface area contributed by atoms with Crippen molar-refractivity contribution in [2.75, 3.05) is 0 Å². The lowest BCUT2D eigenvalue weighted by Gasteiger charge is -2.26. The Morgan fingerprint density at radius 1 is 0.571 bits per heavy atom. The van der Waals surface area contributed by atoms with Gasteiger partial charge in [-0.25, -0.2) is 0 Å². The zero-order valence-electron chi connectivity index (χ0n) is 18.6. The van der Waals surface area contributed by atoms with Gasteiger partial charge in [0.1, 0.15) is 0 Å². The van der Waals surface area contributed by atoms with Crippen molar-refractivity contribution in [3.63, 3.8) is 0 Å². The van der Waals surface area contributed by atoms with Gasteiger partial charge in [0, 0.05) is 11.8 Å². The fourth-order valence-electron chi connectivity index (χ4n) is 3.55. The number of rotatable bonds is 2. The van der Waals surface area contributed by atoms with Crippen LogP contribution in [-0.4, -0.2) is 4.98 Å². The Labute approximate surface area is 170 Å². The average molecular weight is 372 g/mol. The van der Waals surface area contributed by atoms with Crippen LogP contribution < -0.4 is 0 Å². The molecule has 1 heteroatoms. The normalized spacial score (nSPS) is 12.3. The minimum absolute atomic E-state index is 0.111. The highest BCUT2D eigenvalue weighted by Gasteiger charge is 2.21. The minimum atomic E-state index is 0.111. The molecular formula is C27H33N. The molecule has 0 aliphatic heterocycles. The lowest BCUT2D eigenvalue weighted by Crippen LogP contribution is -2.16. The number of benzene rings is 2. The van der Waals surface area contributed by atoms with Gasteiger partial charge in [-0.1, -0.05) is 76.9 Å². The van der Waals surface area contributed by atoms with Gasteiger partial charge in [-0.2, -0.15) is 0 Å². The fourth-order valence-corrected chi connectivity index (χ4v) is 3.55. The first-order valence-electron chi connectivity index (χ1n) is 10.1. The maximum atomic E-state index is 4.66. The Bertz CT molecular complexity index is 945. The van der Waals surface area contributed by atoms with Crippen LogP contribution in [0.4, 0.5) is 0 Å². The van der Waals surface area contributed by atoms with Crippen molar-refractivity contribution in [2.45, 2.75) is 66.2 Å². The summed E-state index contributed by atoms with van der Waals surface area (Å²) in [7, 11) is 0. The van der Waals surface area contributed by atoms with E-state index >= 15 is 0 Å². The van der Waals surface area contributed by atoms with Crippen molar-refractivity contribution in [3.05, 3.63) is 77.0 Å². The highest BCUT2D eigenvalue weighted by molar-refractivity contribution is 5.72. The van der Waals surface area contributed by atoms with Crippen LogP contribution in [0.15, 0.2) is 54.7 Å². The van der Waals surface area contributed by atoms with E-state index in [-0.39, 0.29) is 10.8 Å². The van der Waals surface area contributed by atoms with E-state index in [1.165, 1.54) is 38.9 Å². The Morgan fingerprint density at radius 3 is 1.61 bits per heavy atom. The Hall–Kier alpha value is -2.41. The van der Waals surface area contributed by atoms with Crippen molar-refractivity contribution in [1.29, 1.82) is 0 Å². The second-order valence-electron chi connectivity index (χ2n) is 10.1. The monoisotopic (exact) mass is 371 g/mol. The summed E-state index contributed by atoms with van der Waals surface area (Å²) in [6.07, 6.45) is 1.93. The van der Waals surface area contributed by atoms with Gasteiger partial charge >= 0.3 is 0 Å². The van der Waals surface area contributed by atoms with Crippen molar-refractivity contribution >= 4 is 0 Å². The van der Waals surface area contributed by atoms with E-state index < -0.39 is 0 Å². The van der Waals surface area contributed by atoms with Crippen LogP contribution in [0.25, 0.3) is 22.4 Å². The van der Waals surface area contributed by atoms with Crippen LogP contribution in [0.2, 0.25) is 0 Å². The second kappa shape index (κ2) is 7.20. The van der Waals surface area contributed by atoms with E-state index in [1.807, 2.05) is 6.20 Å². The Morgan fingerprint density at radius 2 is 1.11 bits per heavy atom. The molecule has 0 N–H and O–H groups in total. The van der Waals surface area contributed by atoms with Gasteiger partial charge in [-0.15, -0.1) is 0 Å². The molecule has 1 aromatic heterocycles. The standard InChI is InChI=1S/C27H33N/c1-18-11-19(2)13-22(12-18)25-16-20(9-10-28-25)21-14-23(26(3,4)5)17-24(15-21)27(6,7)8/h9-17H,1-8H3. The Kier molecular flexibility index (Phi) is 5.23. The third-order valence-electron chi connectivity index (χ3n) is 5.28. The lowest BCUT2D eigenvalue weighted by molar-refractivity contribution is 0.569. The van der Waals surface area contributed by atoms with Gasteiger partial charge in [0.15, 0.2) is 0 Å². The summed E-state index contributed by atoms with van der Waals surface area (Å²) in [5.41, 5.74) is 10.2. The zero-order chi connectivity index (χ0) is 20.7. The van der Waals surface area contributed by atoms with Gasteiger partial charge in [0.05, 0.1) is 5.69 Å². The molecule has 146 valence electrons. The number of hydrogen-bond acceptors (Lipinski definition) is 1. The molecule has 0 saturated heterocycles. The highest BCUT2D eigenvalue weighted by atomic mass is 14.7. The number of pyridine rings is 1. The van der Waals surface area contributed by atoms with Crippen LogP contribution in [0.3, 0.4) is 0 Å². The summed E-state index contributed by atoms with van der Waals surface area (Å²) in [4.78, 5) is 4.66. The highest BCUT2D eigenvalue weighted by Crippen LogP contribution is 2.34. The number of hydrogen-bond donors (Lipinski definition) is 0. The first kappa shape index (κ1) is 20.3. The molecule has 28 heavy (non-hydrogen) atoms. The van der Waals surface area contributed by atoms with Crippen molar-refractivity contribution in [1.82, 2.24) is 4.98 Å². The predicted octanol–water partition coefficient (Wildman–Crippen LogP) is 7.63. The van der Waals surface area contributed by atoms with Gasteiger partial charge in [-0.3, -0.25) is 4.98 Å². The summed E-state index contributed by atoms with van der Waals surface area (Å²) in [5.74, 6) is 0. The van der Waals surface area contributed by atoms with Gasteiger partial charge in [0.2, 0.25) is 0 Å². The molecule has 0 fully saturated rings. The zero-order valence-corrected chi connectivity index (χ0v) is 18.6. The average Bonchev–Trinajstić information content (AvgIpc) is 2.59. The maximum Gasteiger partial charge on any atom is 0.0708 e. The maximum absolute atomic E-state index is 4.66. The van der Waals surface area contributed by atoms with Crippen molar-refractivity contribution in [2.24, 2.45) is 0 Å². The number of aromatic nitrogens is 1. The van der Waals surface area contributed by atoms with E-state index in [2.05, 4.69) is 109 Å². The third kappa shape index (κ3) is 4.52. The van der Waals surface area contributed by atoms with Crippen LogP contribution in [0.5, 0.6) is 0 Å². The lowest BCUT2D eigenvalue weighted by atomic mass is 9.79. The molecule has 0 radical (unpaired) electrons. The summed E-state index contributed by atoms with van der Waals surface area (Å²) in [6, 6.07) is 18.0. The summed E-state index contributed by atoms with van der Waals surface area (Å²) in [5, 5.41) is 0. The molecule has 0 unspecified atom stereocenters. The minimum Gasteiger partial charge on any atom is -0.256 e. The van der Waals surface area contributed by atoms with Gasteiger partial charge in [-0.05, 0) is 71.2 Å². The number of nitrogens with zero attached hydrogens (tertiary/aromatic N) is 1. The van der Waals surface area contributed by atoms with Gasteiger partial charge in [0.25, 0.3) is 0 Å². The SMILES string of the molecule is Cc1cc(C)cc(-c2cc(-c3cc(C(C)(C)C)cc(C(C)(C)C)c3)ccn2)c1. The molecule has 0 aliphatic rings. The molecule has 0 atom stereocenters. The first-order chi connectivity index (χ1) is 12.9. The topological polar surface area (TPSA) is 12.9 Å². The predicted molar refractivity (Wildman–Crippen MR) is 122 cm³/mol. The van der Waals surface area contributed by atoms with E-state index in [9.17, 15) is 0 Å². The largest absolute Gasteiger partial charge is 0.256 e. The number of aryl methyl sites for hydroxylation is 2. The molecule has 3 rings (SSSR count). The fraction of sp³-hybridized carbons (Fsp3) is 0.370. The molecule has 1 nitrogen and oxygen atoms in total. The quantitative estimate of drug-likeness (QED) is 0.451. The summed E-state index contributed by atoms with van der Waals surface area (Å²) < 4.78 is 0. The van der Waals surface area contributed by atoms with E-state index in [0.717, 1.165) is 5.69 Å². The van der Waals surface area contributed by atoms with E-state index in [4.69, 9.17) is 0 Å². The van der Waals surface area contributed by atoms with Crippen molar-refractivity contribution < 1.29 is 0 Å². The molecular weight excluding hydrogens is 338 g/mol. The molecule has 0 saturated carbocycles. The molecule has 2 aromatic carbocycles. The van der Waals surface area contributed by atoms with Crippen LogP contribution >= 0.6 is 0 Å². The van der Waals surface area contributed by atoms with Gasteiger partial charge < -0.3 is 0 Å². The van der Waals surface area contributed by atoms with E-state index in [1.54, 1.807) is 0 Å². The first-order valence-corrected chi connectivity index (χ1v) is 10.1. The van der Waals surface area contributed by atoms with E-state index in [0.29, 0.717) is 0 Å². The molecule has 0 spiro atoms. The van der Waals surface area contributed by atoms with Crippen LogP contribution in [-0.2, 0) is 10.8 Å². The molecule has 3 aromatic rings. The van der Waals surface area contributed by atoms with Crippen molar-refractivity contribution in [3.8, 4) is 22.4 Å².